The van der Waals surface area contributed by atoms with Crippen molar-refractivity contribution in [3.63, 3.8) is 0 Å². The minimum absolute atomic E-state index is 0.0220. The molecule has 0 atom stereocenters. The Morgan fingerprint density at radius 2 is 2.10 bits per heavy atom. The normalized spacial score (nSPS) is 22.6. The molecule has 0 radical (unpaired) electrons. The zero-order chi connectivity index (χ0) is 7.78. The van der Waals surface area contributed by atoms with Gasteiger partial charge in [0.1, 0.15) is 0 Å². The molecule has 0 aromatic carbocycles. The fourth-order valence-corrected chi connectivity index (χ4v) is 0.411. The van der Waals surface area contributed by atoms with E-state index in [2.05, 4.69) is 4.99 Å². The monoisotopic (exact) mass is 148 g/mol. The van der Waals surface area contributed by atoms with Crippen LogP contribution in [0.5, 0.6) is 0 Å². The minimum Gasteiger partial charge on any atom is -0.271 e. The maximum Gasteiger partial charge on any atom is 0.360 e. The average Bonchev–Trinajstić information content (AvgIpc) is 1.81. The summed E-state index contributed by atoms with van der Waals surface area (Å²) >= 11 is 0. The minimum atomic E-state index is -3.64. The Kier molecular flexibility index (Phi) is 1.24. The van der Waals surface area contributed by atoms with Crippen molar-refractivity contribution in [2.75, 3.05) is 0 Å². The Balaban J connectivity index is 2.93. The number of nitrogens with zero attached hydrogens (tertiary/aromatic N) is 1. The number of hydrogen-bond acceptors (Lipinski definition) is 2. The number of alkyl halides is 2. The van der Waals surface area contributed by atoms with Gasteiger partial charge in [0.2, 0.25) is 0 Å². The third-order valence-electron chi connectivity index (χ3n) is 0.867. The van der Waals surface area contributed by atoms with Gasteiger partial charge in [-0.3, -0.25) is 10.1 Å². The number of halogens is 2. The summed E-state index contributed by atoms with van der Waals surface area (Å²) in [4.78, 5) is 22.9. The number of urea groups is 1. The Bertz CT molecular complexity index is 223. The lowest BCUT2D eigenvalue weighted by Crippen LogP contribution is -2.47. The van der Waals surface area contributed by atoms with Crippen LogP contribution in [0.3, 0.4) is 0 Å². The van der Waals surface area contributed by atoms with Gasteiger partial charge >= 0.3 is 17.9 Å². The fraction of sp³-hybridized carbons (Fsp3) is 0.250. The second-order valence-electron chi connectivity index (χ2n) is 1.64. The predicted octanol–water partition coefficient (Wildman–Crippen LogP) is -0.0577. The van der Waals surface area contributed by atoms with E-state index < -0.39 is 17.9 Å². The van der Waals surface area contributed by atoms with Crippen LogP contribution in [0, 0.1) is 0 Å². The van der Waals surface area contributed by atoms with Gasteiger partial charge in [0, 0.05) is 0 Å². The lowest BCUT2D eigenvalue weighted by Gasteiger charge is -2.12. The average molecular weight is 148 g/mol. The highest BCUT2D eigenvalue weighted by Gasteiger charge is 2.40. The number of amides is 3. The Morgan fingerprint density at radius 1 is 1.50 bits per heavy atom. The van der Waals surface area contributed by atoms with Crippen LogP contribution in [0.2, 0.25) is 0 Å². The standard InChI is InChI=1S/C4H2F2N2O2/c5-4(6)1-7-3(10)8-2(4)9/h1H,(H,8,9,10). The number of nitrogens with one attached hydrogen (secondary N) is 1. The summed E-state index contributed by atoms with van der Waals surface area (Å²) in [6.45, 7) is 0. The molecule has 0 aromatic rings. The number of carbonyl (C=O) groups excluding carboxylic acids is 2. The van der Waals surface area contributed by atoms with E-state index in [-0.39, 0.29) is 6.21 Å². The van der Waals surface area contributed by atoms with Gasteiger partial charge in [-0.25, -0.2) is 4.79 Å². The van der Waals surface area contributed by atoms with E-state index in [1.54, 1.807) is 0 Å². The highest BCUT2D eigenvalue weighted by atomic mass is 19.3. The van der Waals surface area contributed by atoms with Crippen molar-refractivity contribution in [3.05, 3.63) is 0 Å². The number of rotatable bonds is 0. The maximum atomic E-state index is 12.1. The molecule has 6 heteroatoms. The van der Waals surface area contributed by atoms with Crippen molar-refractivity contribution < 1.29 is 18.4 Å². The highest BCUT2D eigenvalue weighted by molar-refractivity contribution is 6.13. The van der Waals surface area contributed by atoms with Crippen molar-refractivity contribution >= 4 is 18.2 Å². The Morgan fingerprint density at radius 3 is 2.50 bits per heavy atom. The molecular formula is C4H2F2N2O2. The van der Waals surface area contributed by atoms with Crippen LogP contribution in [-0.4, -0.2) is 24.1 Å². The van der Waals surface area contributed by atoms with Crippen molar-refractivity contribution in [3.8, 4) is 0 Å². The van der Waals surface area contributed by atoms with Gasteiger partial charge in [-0.2, -0.15) is 13.8 Å². The third kappa shape index (κ3) is 0.996. The molecule has 0 aromatic heterocycles. The second kappa shape index (κ2) is 1.83. The summed E-state index contributed by atoms with van der Waals surface area (Å²) in [7, 11) is 0. The first-order valence-electron chi connectivity index (χ1n) is 2.31. The van der Waals surface area contributed by atoms with Gasteiger partial charge in [0.25, 0.3) is 0 Å². The summed E-state index contributed by atoms with van der Waals surface area (Å²) in [6.07, 6.45) is 0.0220. The molecule has 3 amide bonds. The van der Waals surface area contributed by atoms with Gasteiger partial charge in [-0.15, -0.1) is 0 Å². The van der Waals surface area contributed by atoms with Gasteiger partial charge < -0.3 is 0 Å². The third-order valence-corrected chi connectivity index (χ3v) is 0.867. The van der Waals surface area contributed by atoms with Crippen LogP contribution < -0.4 is 5.32 Å². The molecule has 1 aliphatic rings. The van der Waals surface area contributed by atoms with Crippen molar-refractivity contribution in [2.24, 2.45) is 4.99 Å². The SMILES string of the molecule is O=C1N=CC(F)(F)C(=O)N1. The smallest absolute Gasteiger partial charge is 0.271 e. The van der Waals surface area contributed by atoms with Gasteiger partial charge in [-0.1, -0.05) is 0 Å². The lowest BCUT2D eigenvalue weighted by molar-refractivity contribution is -0.135. The Hall–Kier alpha value is -1.33. The first-order chi connectivity index (χ1) is 4.52. The molecule has 1 aliphatic heterocycles. The molecule has 0 bridgehead atoms. The van der Waals surface area contributed by atoms with Crippen molar-refractivity contribution in [2.45, 2.75) is 5.92 Å². The fourth-order valence-electron chi connectivity index (χ4n) is 0.411. The molecule has 0 saturated carbocycles. The second-order valence-corrected chi connectivity index (χ2v) is 1.64. The van der Waals surface area contributed by atoms with Crippen LogP contribution in [0.1, 0.15) is 0 Å². The molecule has 54 valence electrons. The maximum absolute atomic E-state index is 12.1. The van der Waals surface area contributed by atoms with Crippen LogP contribution in [0.25, 0.3) is 0 Å². The van der Waals surface area contributed by atoms with E-state index in [9.17, 15) is 18.4 Å². The molecule has 0 saturated heterocycles. The van der Waals surface area contributed by atoms with Crippen LogP contribution in [0.15, 0.2) is 4.99 Å². The zero-order valence-corrected chi connectivity index (χ0v) is 4.60. The van der Waals surface area contributed by atoms with Gasteiger partial charge in [-0.05, 0) is 0 Å². The van der Waals surface area contributed by atoms with Crippen LogP contribution >= 0.6 is 0 Å². The lowest BCUT2D eigenvalue weighted by atomic mass is 10.3. The zero-order valence-electron chi connectivity index (χ0n) is 4.60. The van der Waals surface area contributed by atoms with Crippen LogP contribution in [-0.2, 0) is 4.79 Å². The van der Waals surface area contributed by atoms with Crippen molar-refractivity contribution in [1.82, 2.24) is 5.32 Å². The van der Waals surface area contributed by atoms with E-state index in [0.29, 0.717) is 0 Å². The number of carbonyl (C=O) groups is 2. The molecule has 4 nitrogen and oxygen atoms in total. The molecular weight excluding hydrogens is 146 g/mol. The van der Waals surface area contributed by atoms with Crippen LogP contribution in [0.4, 0.5) is 13.6 Å². The van der Waals surface area contributed by atoms with Crippen molar-refractivity contribution in [1.29, 1.82) is 0 Å². The molecule has 1 heterocycles. The van der Waals surface area contributed by atoms with E-state index in [0.717, 1.165) is 0 Å². The summed E-state index contributed by atoms with van der Waals surface area (Å²) in [6, 6.07) is -1.06. The van der Waals surface area contributed by atoms with E-state index in [1.807, 2.05) is 0 Å². The van der Waals surface area contributed by atoms with E-state index in [4.69, 9.17) is 0 Å². The molecule has 1 N–H and O–H groups in total. The molecule has 0 unspecified atom stereocenters. The molecule has 0 aliphatic carbocycles. The molecule has 0 fully saturated rings. The Labute approximate surface area is 53.9 Å². The molecule has 10 heavy (non-hydrogen) atoms. The summed E-state index contributed by atoms with van der Waals surface area (Å²) in [5.41, 5.74) is 0. The first-order valence-corrected chi connectivity index (χ1v) is 2.31. The first kappa shape index (κ1) is 6.79. The predicted molar refractivity (Wildman–Crippen MR) is 27.0 cm³/mol. The molecule has 1 rings (SSSR count). The summed E-state index contributed by atoms with van der Waals surface area (Å²) in [5.74, 6) is -5.28. The number of aliphatic imine (C=N–C) groups is 1. The van der Waals surface area contributed by atoms with Gasteiger partial charge in [0.05, 0.1) is 6.21 Å². The van der Waals surface area contributed by atoms with E-state index in [1.165, 1.54) is 5.32 Å². The summed E-state index contributed by atoms with van der Waals surface area (Å²) in [5, 5.41) is 1.34. The summed E-state index contributed by atoms with van der Waals surface area (Å²) < 4.78 is 24.1. The van der Waals surface area contributed by atoms with E-state index >= 15 is 0 Å². The highest BCUT2D eigenvalue weighted by Crippen LogP contribution is 2.12. The topological polar surface area (TPSA) is 58.5 Å². The molecule has 0 spiro atoms. The quantitative estimate of drug-likeness (QED) is 0.523. The van der Waals surface area contributed by atoms with Gasteiger partial charge in [0.15, 0.2) is 0 Å². The largest absolute Gasteiger partial charge is 0.360 e. The number of hydrogen-bond donors (Lipinski definition) is 1. The number of imide groups is 1.